The van der Waals surface area contributed by atoms with Crippen LogP contribution in [0.4, 0.5) is 5.69 Å². The van der Waals surface area contributed by atoms with Crippen molar-refractivity contribution in [3.05, 3.63) is 82.4 Å². The second-order valence-electron chi connectivity index (χ2n) is 10.8. The van der Waals surface area contributed by atoms with Crippen LogP contribution in [-0.2, 0) is 25.8 Å². The van der Waals surface area contributed by atoms with Gasteiger partial charge >= 0.3 is 0 Å². The third kappa shape index (κ3) is 5.94. The van der Waals surface area contributed by atoms with E-state index in [0.29, 0.717) is 11.7 Å². The first kappa shape index (κ1) is 26.4. The van der Waals surface area contributed by atoms with Gasteiger partial charge < -0.3 is 24.4 Å². The summed E-state index contributed by atoms with van der Waals surface area (Å²) in [7, 11) is 3.42. The van der Waals surface area contributed by atoms with Crippen molar-refractivity contribution in [1.29, 1.82) is 0 Å². The van der Waals surface area contributed by atoms with Gasteiger partial charge in [0, 0.05) is 31.4 Å². The quantitative estimate of drug-likeness (QED) is 0.342. The van der Waals surface area contributed by atoms with E-state index in [1.54, 1.807) is 14.2 Å². The molecule has 1 fully saturated rings. The lowest BCUT2D eigenvalue weighted by Gasteiger charge is -2.32. The van der Waals surface area contributed by atoms with Crippen LogP contribution in [0.2, 0.25) is 0 Å². The molecule has 0 radical (unpaired) electrons. The number of phenols is 1. The van der Waals surface area contributed by atoms with E-state index < -0.39 is 0 Å². The van der Waals surface area contributed by atoms with Crippen molar-refractivity contribution in [3.8, 4) is 17.2 Å². The fourth-order valence-electron chi connectivity index (χ4n) is 6.18. The van der Waals surface area contributed by atoms with Gasteiger partial charge in [-0.15, -0.1) is 0 Å². The Kier molecular flexibility index (Phi) is 8.43. The smallest absolute Gasteiger partial charge is 0.162 e. The van der Waals surface area contributed by atoms with Gasteiger partial charge in [0.25, 0.3) is 0 Å². The Balaban J connectivity index is 1.38. The lowest BCUT2D eigenvalue weighted by Crippen LogP contribution is -2.25. The minimum Gasteiger partial charge on any atom is -0.508 e. The monoisotopic (exact) mass is 514 g/mol. The average Bonchev–Trinajstić information content (AvgIpc) is 3.48. The number of rotatable bonds is 10. The van der Waals surface area contributed by atoms with E-state index in [1.165, 1.54) is 66.0 Å². The summed E-state index contributed by atoms with van der Waals surface area (Å²) in [6.07, 6.45) is 6.79. The number of nitrogens with zero attached hydrogens (tertiary/aromatic N) is 2. The number of aryl methyl sites for hydroxylation is 1. The summed E-state index contributed by atoms with van der Waals surface area (Å²) in [5.74, 6) is 2.28. The SMILES string of the molecule is CCN(Cc1ccc(CCN2CCCC2)cc1)c1cc(OC)c(OC)cc1[C@@H]1CCc2cc(O)ccc2C1. The molecule has 0 saturated carbocycles. The van der Waals surface area contributed by atoms with E-state index >= 15 is 0 Å². The van der Waals surface area contributed by atoms with Crippen LogP contribution in [0, 0.1) is 0 Å². The summed E-state index contributed by atoms with van der Waals surface area (Å²) in [5, 5.41) is 9.94. The molecule has 0 amide bonds. The molecule has 3 aromatic rings. The highest BCUT2D eigenvalue weighted by atomic mass is 16.5. The Morgan fingerprint density at radius 3 is 2.32 bits per heavy atom. The number of fused-ring (bicyclic) bond motifs is 1. The minimum atomic E-state index is 0.355. The number of anilines is 1. The van der Waals surface area contributed by atoms with Crippen molar-refractivity contribution in [3.63, 3.8) is 0 Å². The van der Waals surface area contributed by atoms with E-state index in [-0.39, 0.29) is 0 Å². The van der Waals surface area contributed by atoms with Crippen molar-refractivity contribution >= 4 is 5.69 Å². The molecular formula is C33H42N2O3. The lowest BCUT2D eigenvalue weighted by molar-refractivity contribution is 0.343. The summed E-state index contributed by atoms with van der Waals surface area (Å²) in [6.45, 7) is 7.65. The predicted octanol–water partition coefficient (Wildman–Crippen LogP) is 6.35. The summed E-state index contributed by atoms with van der Waals surface area (Å²) >= 11 is 0. The lowest BCUT2D eigenvalue weighted by atomic mass is 9.79. The van der Waals surface area contributed by atoms with E-state index in [0.717, 1.165) is 50.3 Å². The van der Waals surface area contributed by atoms with E-state index in [9.17, 15) is 5.11 Å². The molecule has 5 rings (SSSR count). The molecular weight excluding hydrogens is 472 g/mol. The largest absolute Gasteiger partial charge is 0.508 e. The van der Waals surface area contributed by atoms with Gasteiger partial charge in [-0.2, -0.15) is 0 Å². The normalized spacial score (nSPS) is 17.3. The molecule has 0 spiro atoms. The van der Waals surface area contributed by atoms with Crippen molar-refractivity contribution in [2.24, 2.45) is 0 Å². The van der Waals surface area contributed by atoms with Crippen molar-refractivity contribution in [1.82, 2.24) is 4.90 Å². The molecule has 3 aromatic carbocycles. The van der Waals surface area contributed by atoms with Gasteiger partial charge in [0.05, 0.1) is 14.2 Å². The Bertz CT molecular complexity index is 1220. The van der Waals surface area contributed by atoms with E-state index in [1.807, 2.05) is 12.1 Å². The molecule has 0 unspecified atom stereocenters. The van der Waals surface area contributed by atoms with Crippen molar-refractivity contribution in [2.45, 2.75) is 57.9 Å². The van der Waals surface area contributed by atoms with Gasteiger partial charge in [-0.1, -0.05) is 30.3 Å². The van der Waals surface area contributed by atoms with Gasteiger partial charge in [0.2, 0.25) is 0 Å². The van der Waals surface area contributed by atoms with Crippen LogP contribution >= 0.6 is 0 Å². The number of hydrogen-bond acceptors (Lipinski definition) is 5. The second-order valence-corrected chi connectivity index (χ2v) is 10.8. The molecule has 1 aliphatic heterocycles. The molecule has 5 nitrogen and oxygen atoms in total. The number of benzene rings is 3. The number of methoxy groups -OCH3 is 2. The van der Waals surface area contributed by atoms with Crippen LogP contribution in [-0.4, -0.2) is 50.4 Å². The van der Waals surface area contributed by atoms with Gasteiger partial charge in [0.1, 0.15) is 5.75 Å². The van der Waals surface area contributed by atoms with Crippen LogP contribution in [0.1, 0.15) is 59.9 Å². The summed E-state index contributed by atoms with van der Waals surface area (Å²) in [5.41, 5.74) is 7.86. The van der Waals surface area contributed by atoms with E-state index in [2.05, 4.69) is 59.2 Å². The van der Waals surface area contributed by atoms with E-state index in [4.69, 9.17) is 9.47 Å². The molecule has 38 heavy (non-hydrogen) atoms. The summed E-state index contributed by atoms with van der Waals surface area (Å²) in [6, 6.07) is 19.4. The summed E-state index contributed by atoms with van der Waals surface area (Å²) in [4.78, 5) is 5.04. The highest BCUT2D eigenvalue weighted by Crippen LogP contribution is 2.43. The van der Waals surface area contributed by atoms with Crippen LogP contribution in [0.15, 0.2) is 54.6 Å². The highest BCUT2D eigenvalue weighted by molar-refractivity contribution is 5.64. The Morgan fingerprint density at radius 2 is 1.61 bits per heavy atom. The van der Waals surface area contributed by atoms with Crippen LogP contribution < -0.4 is 14.4 Å². The molecule has 202 valence electrons. The number of phenolic OH excluding ortho intramolecular Hbond substituents is 1. The molecule has 5 heteroatoms. The maximum Gasteiger partial charge on any atom is 0.162 e. The standard InChI is InChI=1S/C33H42N2O3/c1-4-35(23-25-9-7-24(8-10-25)15-18-34-16-5-6-17-34)31-22-33(38-3)32(37-2)21-30(31)28-12-11-27-20-29(36)14-13-26(27)19-28/h7-10,13-14,20-22,28,36H,4-6,11-12,15-19,23H2,1-3H3/t28-/m1/s1. The maximum atomic E-state index is 9.94. The predicted molar refractivity (Wildman–Crippen MR) is 155 cm³/mol. The third-order valence-corrected chi connectivity index (χ3v) is 8.43. The number of likely N-dealkylation sites (tertiary alicyclic amines) is 1. The molecule has 1 atom stereocenters. The zero-order chi connectivity index (χ0) is 26.5. The highest BCUT2D eigenvalue weighted by Gasteiger charge is 2.26. The third-order valence-electron chi connectivity index (χ3n) is 8.43. The van der Waals surface area contributed by atoms with Gasteiger partial charge in [-0.05, 0) is 110 Å². The van der Waals surface area contributed by atoms with Gasteiger partial charge in [-0.25, -0.2) is 0 Å². The number of aromatic hydroxyl groups is 1. The molecule has 1 heterocycles. The fraction of sp³-hybridized carbons (Fsp3) is 0.455. The topological polar surface area (TPSA) is 45.2 Å². The Morgan fingerprint density at radius 1 is 0.895 bits per heavy atom. The zero-order valence-corrected chi connectivity index (χ0v) is 23.2. The Labute approximate surface area is 228 Å². The first-order chi connectivity index (χ1) is 18.6. The molecule has 1 aliphatic carbocycles. The second kappa shape index (κ2) is 12.1. The van der Waals surface area contributed by atoms with Crippen LogP contribution in [0.5, 0.6) is 17.2 Å². The van der Waals surface area contributed by atoms with Gasteiger partial charge in [0.15, 0.2) is 11.5 Å². The molecule has 1 N–H and O–H groups in total. The number of hydrogen-bond donors (Lipinski definition) is 1. The fourth-order valence-corrected chi connectivity index (χ4v) is 6.18. The van der Waals surface area contributed by atoms with Crippen molar-refractivity contribution in [2.75, 3.05) is 45.3 Å². The first-order valence-corrected chi connectivity index (χ1v) is 14.2. The number of ether oxygens (including phenoxy) is 2. The molecule has 0 aromatic heterocycles. The minimum absolute atomic E-state index is 0.355. The zero-order valence-electron chi connectivity index (χ0n) is 23.2. The summed E-state index contributed by atoms with van der Waals surface area (Å²) < 4.78 is 11.5. The Hall–Kier alpha value is -3.18. The van der Waals surface area contributed by atoms with Crippen LogP contribution in [0.25, 0.3) is 0 Å². The van der Waals surface area contributed by atoms with Gasteiger partial charge in [-0.3, -0.25) is 0 Å². The van der Waals surface area contributed by atoms with Crippen molar-refractivity contribution < 1.29 is 14.6 Å². The molecule has 2 aliphatic rings. The van der Waals surface area contributed by atoms with Crippen LogP contribution in [0.3, 0.4) is 0 Å². The maximum absolute atomic E-state index is 9.94. The average molecular weight is 515 g/mol. The first-order valence-electron chi connectivity index (χ1n) is 14.2. The molecule has 0 bridgehead atoms. The molecule has 1 saturated heterocycles.